The lowest BCUT2D eigenvalue weighted by atomic mass is 9.99. The molecule has 0 spiro atoms. The average molecular weight is 215 g/mol. The lowest BCUT2D eigenvalue weighted by Crippen LogP contribution is -2.40. The van der Waals surface area contributed by atoms with E-state index >= 15 is 0 Å². The summed E-state index contributed by atoms with van der Waals surface area (Å²) in [6.45, 7) is 5.49. The molecule has 1 saturated heterocycles. The van der Waals surface area contributed by atoms with Crippen LogP contribution in [0.25, 0.3) is 0 Å². The van der Waals surface area contributed by atoms with Crippen molar-refractivity contribution < 1.29 is 9.53 Å². The molecule has 1 rings (SSSR count). The van der Waals surface area contributed by atoms with E-state index in [0.717, 1.165) is 13.1 Å². The summed E-state index contributed by atoms with van der Waals surface area (Å²) in [6.07, 6.45) is 0. The highest BCUT2D eigenvalue weighted by Gasteiger charge is 2.31. The van der Waals surface area contributed by atoms with Gasteiger partial charge in [-0.25, -0.2) is 4.79 Å². The van der Waals surface area contributed by atoms with Gasteiger partial charge in [-0.05, 0) is 18.4 Å². The molecular weight excluding hydrogens is 194 g/mol. The van der Waals surface area contributed by atoms with E-state index in [2.05, 4.69) is 12.2 Å². The van der Waals surface area contributed by atoms with Gasteiger partial charge in [-0.2, -0.15) is 0 Å². The Hall–Kier alpha value is -0.810. The number of methoxy groups -OCH3 is 1. The van der Waals surface area contributed by atoms with Crippen molar-refractivity contribution in [2.45, 2.75) is 6.92 Å². The summed E-state index contributed by atoms with van der Waals surface area (Å²) in [6, 6.07) is -0.00477. The lowest BCUT2D eigenvalue weighted by Gasteiger charge is -2.16. The number of urea groups is 1. The molecule has 88 valence electrons. The Morgan fingerprint density at radius 3 is 2.87 bits per heavy atom. The highest BCUT2D eigenvalue weighted by Crippen LogP contribution is 2.21. The summed E-state index contributed by atoms with van der Waals surface area (Å²) in [5, 5.41) is 2.81. The zero-order chi connectivity index (χ0) is 11.3. The number of carbonyl (C=O) groups is 1. The van der Waals surface area contributed by atoms with Crippen LogP contribution in [0.4, 0.5) is 4.79 Å². The van der Waals surface area contributed by atoms with Crippen LogP contribution in [-0.4, -0.2) is 50.8 Å². The average Bonchev–Trinajstić information content (AvgIpc) is 2.60. The zero-order valence-corrected chi connectivity index (χ0v) is 9.53. The molecule has 3 N–H and O–H groups in total. The zero-order valence-electron chi connectivity index (χ0n) is 9.53. The van der Waals surface area contributed by atoms with Gasteiger partial charge in [0.15, 0.2) is 0 Å². The van der Waals surface area contributed by atoms with Crippen LogP contribution < -0.4 is 11.1 Å². The number of amides is 2. The highest BCUT2D eigenvalue weighted by atomic mass is 16.5. The number of hydrogen-bond acceptors (Lipinski definition) is 3. The number of nitrogens with one attached hydrogen (secondary N) is 1. The normalized spacial score (nSPS) is 25.7. The fourth-order valence-corrected chi connectivity index (χ4v) is 1.88. The Morgan fingerprint density at radius 1 is 1.60 bits per heavy atom. The molecule has 0 aromatic heterocycles. The molecule has 2 atom stereocenters. The van der Waals surface area contributed by atoms with Gasteiger partial charge >= 0.3 is 6.03 Å². The molecule has 5 heteroatoms. The minimum Gasteiger partial charge on any atom is -0.383 e. The standard InChI is InChI=1S/C10H21N3O2/c1-8-6-13(7-9(8)5-11)10(14)12-3-4-15-2/h8-9H,3-7,11H2,1-2H3,(H,12,14)/t8-,9-/m1/s1. The molecule has 5 nitrogen and oxygen atoms in total. The van der Waals surface area contributed by atoms with E-state index < -0.39 is 0 Å². The summed E-state index contributed by atoms with van der Waals surface area (Å²) < 4.78 is 4.87. The van der Waals surface area contributed by atoms with Crippen LogP contribution in [0.5, 0.6) is 0 Å². The van der Waals surface area contributed by atoms with Gasteiger partial charge in [-0.15, -0.1) is 0 Å². The highest BCUT2D eigenvalue weighted by molar-refractivity contribution is 5.74. The van der Waals surface area contributed by atoms with E-state index in [0.29, 0.717) is 31.5 Å². The third-order valence-electron chi connectivity index (χ3n) is 2.94. The monoisotopic (exact) mass is 215 g/mol. The number of nitrogens with two attached hydrogens (primary N) is 1. The van der Waals surface area contributed by atoms with E-state index in [-0.39, 0.29) is 6.03 Å². The van der Waals surface area contributed by atoms with E-state index in [4.69, 9.17) is 10.5 Å². The fourth-order valence-electron chi connectivity index (χ4n) is 1.88. The van der Waals surface area contributed by atoms with Crippen molar-refractivity contribution in [3.63, 3.8) is 0 Å². The third kappa shape index (κ3) is 3.35. The van der Waals surface area contributed by atoms with Crippen molar-refractivity contribution in [1.82, 2.24) is 10.2 Å². The largest absolute Gasteiger partial charge is 0.383 e. The maximum atomic E-state index is 11.6. The van der Waals surface area contributed by atoms with Gasteiger partial charge in [0, 0.05) is 26.7 Å². The van der Waals surface area contributed by atoms with Crippen LogP contribution in [0.15, 0.2) is 0 Å². The van der Waals surface area contributed by atoms with Gasteiger partial charge in [0.05, 0.1) is 6.61 Å². The molecule has 0 saturated carbocycles. The van der Waals surface area contributed by atoms with Crippen LogP contribution in [0.1, 0.15) is 6.92 Å². The van der Waals surface area contributed by atoms with Crippen molar-refractivity contribution in [3.05, 3.63) is 0 Å². The Bertz CT molecular complexity index is 211. The summed E-state index contributed by atoms with van der Waals surface area (Å²) in [7, 11) is 1.62. The van der Waals surface area contributed by atoms with E-state index in [1.54, 1.807) is 7.11 Å². The van der Waals surface area contributed by atoms with Gasteiger partial charge in [-0.1, -0.05) is 6.92 Å². The lowest BCUT2D eigenvalue weighted by molar-refractivity contribution is 0.184. The second-order valence-electron chi connectivity index (χ2n) is 4.10. The number of nitrogens with zero attached hydrogens (tertiary/aromatic N) is 1. The van der Waals surface area contributed by atoms with Gasteiger partial charge < -0.3 is 20.7 Å². The Morgan fingerprint density at radius 2 is 2.33 bits per heavy atom. The maximum Gasteiger partial charge on any atom is 0.317 e. The molecule has 1 aliphatic heterocycles. The molecule has 1 aliphatic rings. The van der Waals surface area contributed by atoms with Crippen LogP contribution in [0.3, 0.4) is 0 Å². The summed E-state index contributed by atoms with van der Waals surface area (Å²) in [5.74, 6) is 0.946. The predicted molar refractivity (Wildman–Crippen MR) is 58.6 cm³/mol. The van der Waals surface area contributed by atoms with Crippen molar-refractivity contribution in [2.75, 3.05) is 39.9 Å². The van der Waals surface area contributed by atoms with Crippen molar-refractivity contribution >= 4 is 6.03 Å². The van der Waals surface area contributed by atoms with E-state index in [1.807, 2.05) is 4.90 Å². The minimum absolute atomic E-state index is 0.00477. The number of ether oxygens (including phenoxy) is 1. The van der Waals surface area contributed by atoms with Gasteiger partial charge in [-0.3, -0.25) is 0 Å². The number of likely N-dealkylation sites (tertiary alicyclic amines) is 1. The molecule has 0 aromatic rings. The molecule has 0 aromatic carbocycles. The Kier molecular flexibility index (Phi) is 4.84. The number of carbonyl (C=O) groups excluding carboxylic acids is 1. The first-order valence-electron chi connectivity index (χ1n) is 5.40. The van der Waals surface area contributed by atoms with E-state index in [1.165, 1.54) is 0 Å². The Labute approximate surface area is 90.9 Å². The maximum absolute atomic E-state index is 11.6. The molecule has 0 aliphatic carbocycles. The van der Waals surface area contributed by atoms with Crippen LogP contribution in [-0.2, 0) is 4.74 Å². The molecule has 2 amide bonds. The predicted octanol–water partition coefficient (Wildman–Crippen LogP) is -0.131. The molecule has 0 bridgehead atoms. The van der Waals surface area contributed by atoms with Gasteiger partial charge in [0.2, 0.25) is 0 Å². The third-order valence-corrected chi connectivity index (χ3v) is 2.94. The number of hydrogen-bond donors (Lipinski definition) is 2. The molecule has 15 heavy (non-hydrogen) atoms. The second kappa shape index (κ2) is 5.92. The molecular formula is C10H21N3O2. The first-order valence-corrected chi connectivity index (χ1v) is 5.40. The summed E-state index contributed by atoms with van der Waals surface area (Å²) in [5.41, 5.74) is 5.63. The minimum atomic E-state index is -0.00477. The molecule has 0 unspecified atom stereocenters. The molecule has 1 fully saturated rings. The van der Waals surface area contributed by atoms with Crippen molar-refractivity contribution in [1.29, 1.82) is 0 Å². The molecule has 1 heterocycles. The van der Waals surface area contributed by atoms with Crippen LogP contribution >= 0.6 is 0 Å². The fraction of sp³-hybridized carbons (Fsp3) is 0.900. The topological polar surface area (TPSA) is 67.6 Å². The van der Waals surface area contributed by atoms with Crippen molar-refractivity contribution in [3.8, 4) is 0 Å². The SMILES string of the molecule is COCCNC(=O)N1C[C@@H](CN)[C@H](C)C1. The Balaban J connectivity index is 2.29. The van der Waals surface area contributed by atoms with Crippen LogP contribution in [0.2, 0.25) is 0 Å². The molecule has 0 radical (unpaired) electrons. The first-order chi connectivity index (χ1) is 7.19. The quantitative estimate of drug-likeness (QED) is 0.642. The first kappa shape index (κ1) is 12.3. The van der Waals surface area contributed by atoms with Crippen LogP contribution in [0, 0.1) is 11.8 Å². The van der Waals surface area contributed by atoms with Gasteiger partial charge in [0.1, 0.15) is 0 Å². The summed E-state index contributed by atoms with van der Waals surface area (Å²) >= 11 is 0. The number of rotatable bonds is 4. The van der Waals surface area contributed by atoms with E-state index in [9.17, 15) is 4.79 Å². The second-order valence-corrected chi connectivity index (χ2v) is 4.10. The summed E-state index contributed by atoms with van der Waals surface area (Å²) in [4.78, 5) is 13.5. The smallest absolute Gasteiger partial charge is 0.317 e. The van der Waals surface area contributed by atoms with Gasteiger partial charge in [0.25, 0.3) is 0 Å². The van der Waals surface area contributed by atoms with Crippen molar-refractivity contribution in [2.24, 2.45) is 17.6 Å².